The van der Waals surface area contributed by atoms with Crippen molar-refractivity contribution < 1.29 is 19.4 Å². The number of carbonyl (C=O) groups is 1. The molecule has 3 aromatic carbocycles. The molecule has 5 nitrogen and oxygen atoms in total. The summed E-state index contributed by atoms with van der Waals surface area (Å²) in [5, 5.41) is 12.5. The number of carbonyl (C=O) groups excluding carboxylic acids is 1. The lowest BCUT2D eigenvalue weighted by molar-refractivity contribution is 0.0951. The first kappa shape index (κ1) is 20.7. The number of benzene rings is 3. The first-order valence-corrected chi connectivity index (χ1v) is 10.1. The van der Waals surface area contributed by atoms with E-state index in [1.165, 1.54) is 0 Å². The van der Waals surface area contributed by atoms with E-state index in [4.69, 9.17) is 9.47 Å². The van der Waals surface area contributed by atoms with Gasteiger partial charge in [-0.05, 0) is 61.4 Å². The number of aromatic hydroxyl groups is 1. The van der Waals surface area contributed by atoms with Crippen molar-refractivity contribution in [3.63, 3.8) is 0 Å². The summed E-state index contributed by atoms with van der Waals surface area (Å²) in [6.45, 7) is 2.85. The SMILES string of the molecule is CCOc1ccccc1Oc1ccccc1C(=O)NCCc1cc(O)ccc1Br. The van der Waals surface area contributed by atoms with Crippen molar-refractivity contribution in [3.05, 3.63) is 82.3 Å². The average molecular weight is 456 g/mol. The van der Waals surface area contributed by atoms with Crippen molar-refractivity contribution in [1.82, 2.24) is 5.32 Å². The monoisotopic (exact) mass is 455 g/mol. The highest BCUT2D eigenvalue weighted by molar-refractivity contribution is 9.10. The number of ether oxygens (including phenoxy) is 2. The highest BCUT2D eigenvalue weighted by Crippen LogP contribution is 2.33. The van der Waals surface area contributed by atoms with Gasteiger partial charge in [-0.15, -0.1) is 0 Å². The van der Waals surface area contributed by atoms with Gasteiger partial charge in [-0.2, -0.15) is 0 Å². The number of amides is 1. The third-order valence-corrected chi connectivity index (χ3v) is 4.98. The van der Waals surface area contributed by atoms with Crippen LogP contribution in [0, 0.1) is 0 Å². The summed E-state index contributed by atoms with van der Waals surface area (Å²) < 4.78 is 12.5. The van der Waals surface area contributed by atoms with E-state index in [0.29, 0.717) is 42.4 Å². The van der Waals surface area contributed by atoms with Gasteiger partial charge in [-0.1, -0.05) is 40.2 Å². The largest absolute Gasteiger partial charge is 0.508 e. The van der Waals surface area contributed by atoms with Crippen molar-refractivity contribution >= 4 is 21.8 Å². The molecule has 29 heavy (non-hydrogen) atoms. The van der Waals surface area contributed by atoms with Crippen molar-refractivity contribution in [2.24, 2.45) is 0 Å². The van der Waals surface area contributed by atoms with Crippen LogP contribution in [0.2, 0.25) is 0 Å². The van der Waals surface area contributed by atoms with Crippen molar-refractivity contribution in [1.29, 1.82) is 0 Å². The minimum absolute atomic E-state index is 0.196. The van der Waals surface area contributed by atoms with Crippen LogP contribution < -0.4 is 14.8 Å². The van der Waals surface area contributed by atoms with E-state index in [1.54, 1.807) is 42.5 Å². The van der Waals surface area contributed by atoms with Gasteiger partial charge in [-0.3, -0.25) is 4.79 Å². The normalized spacial score (nSPS) is 10.4. The van der Waals surface area contributed by atoms with Gasteiger partial charge in [0.25, 0.3) is 5.91 Å². The predicted octanol–water partition coefficient (Wildman–Crippen LogP) is 5.32. The standard InChI is InChI=1S/C23H22BrNO4/c1-2-28-21-9-5-6-10-22(21)29-20-8-4-3-7-18(20)23(27)25-14-13-16-15-17(26)11-12-19(16)24/h3-12,15,26H,2,13-14H2,1H3,(H,25,27). The molecule has 0 unspecified atom stereocenters. The lowest BCUT2D eigenvalue weighted by atomic mass is 10.1. The van der Waals surface area contributed by atoms with Crippen LogP contribution in [-0.4, -0.2) is 24.2 Å². The summed E-state index contributed by atoms with van der Waals surface area (Å²) in [6, 6.07) is 19.5. The molecular weight excluding hydrogens is 434 g/mol. The third kappa shape index (κ3) is 5.51. The molecule has 0 heterocycles. The molecule has 150 valence electrons. The van der Waals surface area contributed by atoms with Gasteiger partial charge in [0.1, 0.15) is 11.5 Å². The minimum atomic E-state index is -0.231. The molecule has 0 aliphatic carbocycles. The van der Waals surface area contributed by atoms with Crippen LogP contribution in [0.15, 0.2) is 71.2 Å². The molecule has 0 atom stereocenters. The van der Waals surface area contributed by atoms with Gasteiger partial charge < -0.3 is 19.9 Å². The van der Waals surface area contributed by atoms with Crippen LogP contribution in [0.3, 0.4) is 0 Å². The number of rotatable bonds is 8. The van der Waals surface area contributed by atoms with E-state index in [1.807, 2.05) is 31.2 Å². The highest BCUT2D eigenvalue weighted by atomic mass is 79.9. The molecule has 0 radical (unpaired) electrons. The maximum Gasteiger partial charge on any atom is 0.255 e. The first-order chi connectivity index (χ1) is 14.1. The Hall–Kier alpha value is -2.99. The Bertz CT molecular complexity index is 990. The molecule has 0 saturated heterocycles. The third-order valence-electron chi connectivity index (χ3n) is 4.21. The van der Waals surface area contributed by atoms with E-state index in [0.717, 1.165) is 10.0 Å². The molecule has 1 amide bonds. The number of hydrogen-bond donors (Lipinski definition) is 2. The molecule has 0 saturated carbocycles. The second-order valence-corrected chi connectivity index (χ2v) is 7.11. The molecule has 2 N–H and O–H groups in total. The number of halogens is 1. The van der Waals surface area contributed by atoms with Crippen LogP contribution in [0.25, 0.3) is 0 Å². The molecule has 0 bridgehead atoms. The number of phenols is 1. The molecule has 0 fully saturated rings. The molecule has 0 spiro atoms. The number of phenolic OH excluding ortho intramolecular Hbond substituents is 1. The van der Waals surface area contributed by atoms with Gasteiger partial charge in [-0.25, -0.2) is 0 Å². The molecule has 0 aliphatic heterocycles. The summed E-state index contributed by atoms with van der Waals surface area (Å²) in [6.07, 6.45) is 0.580. The predicted molar refractivity (Wildman–Crippen MR) is 116 cm³/mol. The zero-order valence-corrected chi connectivity index (χ0v) is 17.6. The van der Waals surface area contributed by atoms with Crippen molar-refractivity contribution in [2.45, 2.75) is 13.3 Å². The van der Waals surface area contributed by atoms with Crippen LogP contribution in [0.5, 0.6) is 23.0 Å². The fourth-order valence-corrected chi connectivity index (χ4v) is 3.27. The Morgan fingerprint density at radius 1 is 1.00 bits per heavy atom. The zero-order valence-electron chi connectivity index (χ0n) is 16.0. The van der Waals surface area contributed by atoms with Crippen LogP contribution >= 0.6 is 15.9 Å². The number of nitrogens with one attached hydrogen (secondary N) is 1. The van der Waals surface area contributed by atoms with Gasteiger partial charge in [0.15, 0.2) is 11.5 Å². The summed E-state index contributed by atoms with van der Waals surface area (Å²) in [7, 11) is 0. The lowest BCUT2D eigenvalue weighted by Gasteiger charge is -2.14. The van der Waals surface area contributed by atoms with Crippen molar-refractivity contribution in [3.8, 4) is 23.0 Å². The summed E-state index contributed by atoms with van der Waals surface area (Å²) in [5.74, 6) is 1.60. The topological polar surface area (TPSA) is 67.8 Å². The van der Waals surface area contributed by atoms with E-state index >= 15 is 0 Å². The summed E-state index contributed by atoms with van der Waals surface area (Å²) in [4.78, 5) is 12.7. The fourth-order valence-electron chi connectivity index (χ4n) is 2.83. The van der Waals surface area contributed by atoms with Crippen LogP contribution in [0.4, 0.5) is 0 Å². The Morgan fingerprint density at radius 2 is 1.69 bits per heavy atom. The van der Waals surface area contributed by atoms with E-state index in [9.17, 15) is 9.90 Å². The van der Waals surface area contributed by atoms with Gasteiger partial charge in [0.2, 0.25) is 0 Å². The van der Waals surface area contributed by atoms with Gasteiger partial charge in [0, 0.05) is 11.0 Å². The molecule has 3 aromatic rings. The quantitative estimate of drug-likeness (QED) is 0.482. The minimum Gasteiger partial charge on any atom is -0.508 e. The second-order valence-electron chi connectivity index (χ2n) is 6.26. The lowest BCUT2D eigenvalue weighted by Crippen LogP contribution is -2.26. The van der Waals surface area contributed by atoms with Crippen LogP contribution in [-0.2, 0) is 6.42 Å². The van der Waals surface area contributed by atoms with E-state index in [-0.39, 0.29) is 11.7 Å². The average Bonchev–Trinajstić information content (AvgIpc) is 2.72. The Kier molecular flexibility index (Phi) is 7.14. The zero-order chi connectivity index (χ0) is 20.6. The first-order valence-electron chi connectivity index (χ1n) is 9.32. The molecular formula is C23H22BrNO4. The molecule has 0 aromatic heterocycles. The smallest absolute Gasteiger partial charge is 0.255 e. The summed E-state index contributed by atoms with van der Waals surface area (Å²) >= 11 is 3.46. The number of hydrogen-bond acceptors (Lipinski definition) is 4. The Balaban J connectivity index is 1.70. The Labute approximate surface area is 178 Å². The van der Waals surface area contributed by atoms with E-state index < -0.39 is 0 Å². The van der Waals surface area contributed by atoms with Gasteiger partial charge in [0.05, 0.1) is 12.2 Å². The molecule has 6 heteroatoms. The van der Waals surface area contributed by atoms with Crippen molar-refractivity contribution in [2.75, 3.05) is 13.2 Å². The summed E-state index contributed by atoms with van der Waals surface area (Å²) in [5.41, 5.74) is 1.36. The second kappa shape index (κ2) is 9.98. The van der Waals surface area contributed by atoms with E-state index in [2.05, 4.69) is 21.2 Å². The highest BCUT2D eigenvalue weighted by Gasteiger charge is 2.14. The van der Waals surface area contributed by atoms with Crippen LogP contribution in [0.1, 0.15) is 22.8 Å². The number of para-hydroxylation sites is 3. The maximum atomic E-state index is 12.7. The Morgan fingerprint density at radius 3 is 2.45 bits per heavy atom. The fraction of sp³-hybridized carbons (Fsp3) is 0.174. The molecule has 0 aliphatic rings. The van der Waals surface area contributed by atoms with Gasteiger partial charge >= 0.3 is 0 Å². The molecule has 3 rings (SSSR count). The maximum absolute atomic E-state index is 12.7.